The van der Waals surface area contributed by atoms with Crippen molar-refractivity contribution in [1.29, 1.82) is 0 Å². The number of nitrogens with one attached hydrogen (secondary N) is 2. The maximum Gasteiger partial charge on any atom is 0.291 e. The minimum Gasteiger partial charge on any atom is -0.459 e. The van der Waals surface area contributed by atoms with Gasteiger partial charge in [0.2, 0.25) is 0 Å². The number of carbonyl (C=O) groups is 1. The molecule has 0 fully saturated rings. The molecule has 0 saturated carbocycles. The molecule has 1 aromatic heterocycles. The van der Waals surface area contributed by atoms with E-state index in [1.165, 1.54) is 17.4 Å². The first-order valence-electron chi connectivity index (χ1n) is 9.47. The second-order valence-electron chi connectivity index (χ2n) is 6.81. The molecule has 0 bridgehead atoms. The molecule has 2 aromatic carbocycles. The smallest absolute Gasteiger partial charge is 0.291 e. The van der Waals surface area contributed by atoms with E-state index in [4.69, 9.17) is 4.42 Å². The van der Waals surface area contributed by atoms with E-state index in [9.17, 15) is 4.79 Å². The van der Waals surface area contributed by atoms with E-state index in [0.29, 0.717) is 6.54 Å². The largest absolute Gasteiger partial charge is 0.459 e. The number of hydrogen-bond donors (Lipinski definition) is 2. The monoisotopic (exact) mass is 518 g/mol. The Morgan fingerprint density at radius 1 is 1.07 bits per heavy atom. The van der Waals surface area contributed by atoms with Crippen LogP contribution in [0, 0.1) is 6.92 Å². The van der Waals surface area contributed by atoms with E-state index in [1.54, 1.807) is 19.2 Å². The van der Waals surface area contributed by atoms with Crippen LogP contribution >= 0.6 is 24.0 Å². The normalized spacial score (nSPS) is 10.8. The zero-order valence-electron chi connectivity index (χ0n) is 17.4. The van der Waals surface area contributed by atoms with Gasteiger partial charge in [0.15, 0.2) is 11.7 Å². The van der Waals surface area contributed by atoms with Crippen LogP contribution in [0.3, 0.4) is 0 Å². The molecule has 0 atom stereocenters. The Labute approximate surface area is 194 Å². The summed E-state index contributed by atoms with van der Waals surface area (Å²) in [7, 11) is 3.80. The molecular formula is C23H27IN4O2. The van der Waals surface area contributed by atoms with Crippen molar-refractivity contribution in [3.05, 3.63) is 89.4 Å². The number of benzene rings is 2. The standard InChI is InChI=1S/C23H26N4O2.HI/c1-17-7-4-5-8-19(17)16-27(3)23(24-2)25-15-18-10-12-20(13-11-18)26-22(28)21-9-6-14-29-21;/h4-14H,15-16H2,1-3H3,(H,24,25)(H,26,28);1H. The molecule has 0 aliphatic rings. The van der Waals surface area contributed by atoms with Gasteiger partial charge < -0.3 is 20.0 Å². The number of amides is 1. The van der Waals surface area contributed by atoms with Crippen LogP contribution in [0.5, 0.6) is 0 Å². The van der Waals surface area contributed by atoms with Gasteiger partial charge in [0, 0.05) is 32.9 Å². The number of aryl methyl sites for hydroxylation is 1. The SMILES string of the molecule is CN=C(NCc1ccc(NC(=O)c2ccco2)cc1)N(C)Cc1ccccc1C.I. The third-order valence-corrected chi connectivity index (χ3v) is 4.65. The van der Waals surface area contributed by atoms with E-state index in [2.05, 4.69) is 45.6 Å². The molecule has 0 radical (unpaired) electrons. The van der Waals surface area contributed by atoms with Crippen LogP contribution in [0.1, 0.15) is 27.2 Å². The first-order valence-corrected chi connectivity index (χ1v) is 9.47. The second kappa shape index (κ2) is 11.4. The van der Waals surface area contributed by atoms with Crippen LogP contribution in [-0.4, -0.2) is 30.9 Å². The summed E-state index contributed by atoms with van der Waals surface area (Å²) in [6.45, 7) is 3.53. The highest BCUT2D eigenvalue weighted by Crippen LogP contribution is 2.13. The molecule has 0 saturated heterocycles. The summed E-state index contributed by atoms with van der Waals surface area (Å²) in [4.78, 5) is 18.5. The second-order valence-corrected chi connectivity index (χ2v) is 6.81. The van der Waals surface area contributed by atoms with Crippen molar-refractivity contribution in [2.45, 2.75) is 20.0 Å². The van der Waals surface area contributed by atoms with Gasteiger partial charge in [-0.15, -0.1) is 24.0 Å². The van der Waals surface area contributed by atoms with Crippen LogP contribution in [0.2, 0.25) is 0 Å². The number of nitrogens with zero attached hydrogens (tertiary/aromatic N) is 2. The maximum absolute atomic E-state index is 12.0. The predicted octanol–water partition coefficient (Wildman–Crippen LogP) is 4.67. The van der Waals surface area contributed by atoms with Crippen molar-refractivity contribution in [3.8, 4) is 0 Å². The van der Waals surface area contributed by atoms with Gasteiger partial charge >= 0.3 is 0 Å². The quantitative estimate of drug-likeness (QED) is 0.283. The molecule has 0 aliphatic heterocycles. The summed E-state index contributed by atoms with van der Waals surface area (Å²) in [6.07, 6.45) is 1.48. The Morgan fingerprint density at radius 3 is 2.43 bits per heavy atom. The van der Waals surface area contributed by atoms with E-state index >= 15 is 0 Å². The highest BCUT2D eigenvalue weighted by Gasteiger charge is 2.10. The molecule has 1 heterocycles. The number of rotatable bonds is 6. The van der Waals surface area contributed by atoms with Gasteiger partial charge in [0.05, 0.1) is 6.26 Å². The van der Waals surface area contributed by atoms with Crippen molar-refractivity contribution in [3.63, 3.8) is 0 Å². The summed E-state index contributed by atoms with van der Waals surface area (Å²) in [5.41, 5.74) is 4.35. The van der Waals surface area contributed by atoms with Gasteiger partial charge in [0.1, 0.15) is 0 Å². The lowest BCUT2D eigenvalue weighted by Gasteiger charge is -2.23. The number of guanidine groups is 1. The molecule has 2 N–H and O–H groups in total. The van der Waals surface area contributed by atoms with Crippen molar-refractivity contribution in [2.75, 3.05) is 19.4 Å². The zero-order valence-corrected chi connectivity index (χ0v) is 19.7. The van der Waals surface area contributed by atoms with Crippen LogP contribution in [-0.2, 0) is 13.1 Å². The predicted molar refractivity (Wildman–Crippen MR) is 131 cm³/mol. The molecule has 7 heteroatoms. The van der Waals surface area contributed by atoms with Gasteiger partial charge in [-0.3, -0.25) is 9.79 Å². The van der Waals surface area contributed by atoms with Gasteiger partial charge in [-0.2, -0.15) is 0 Å². The fourth-order valence-electron chi connectivity index (χ4n) is 2.99. The van der Waals surface area contributed by atoms with E-state index < -0.39 is 0 Å². The Hall–Kier alpha value is -2.81. The number of anilines is 1. The highest BCUT2D eigenvalue weighted by molar-refractivity contribution is 14.0. The first kappa shape index (κ1) is 23.5. The number of halogens is 1. The fourth-order valence-corrected chi connectivity index (χ4v) is 2.99. The van der Waals surface area contributed by atoms with E-state index in [1.807, 2.05) is 37.4 Å². The number of furan rings is 1. The third-order valence-electron chi connectivity index (χ3n) is 4.65. The molecule has 3 rings (SSSR count). The number of carbonyl (C=O) groups excluding carboxylic acids is 1. The molecule has 1 amide bonds. The van der Waals surface area contributed by atoms with Gasteiger partial charge in [-0.1, -0.05) is 36.4 Å². The summed E-state index contributed by atoms with van der Waals surface area (Å²) in [5.74, 6) is 0.846. The molecule has 0 spiro atoms. The van der Waals surface area contributed by atoms with Crippen molar-refractivity contribution >= 4 is 41.5 Å². The summed E-state index contributed by atoms with van der Waals surface area (Å²) in [6, 6.07) is 19.4. The Bertz CT molecular complexity index is 969. The van der Waals surface area contributed by atoms with E-state index in [0.717, 1.165) is 23.8 Å². The van der Waals surface area contributed by atoms with Gasteiger partial charge in [0.25, 0.3) is 5.91 Å². The molecular weight excluding hydrogens is 491 g/mol. The average Bonchev–Trinajstić information content (AvgIpc) is 3.26. The van der Waals surface area contributed by atoms with Crippen LogP contribution in [0.25, 0.3) is 0 Å². The summed E-state index contributed by atoms with van der Waals surface area (Å²) in [5, 5.41) is 6.19. The summed E-state index contributed by atoms with van der Waals surface area (Å²) < 4.78 is 5.10. The molecule has 30 heavy (non-hydrogen) atoms. The molecule has 3 aromatic rings. The first-order chi connectivity index (χ1) is 14.1. The maximum atomic E-state index is 12.0. The summed E-state index contributed by atoms with van der Waals surface area (Å²) >= 11 is 0. The van der Waals surface area contributed by atoms with Crippen molar-refractivity contribution < 1.29 is 9.21 Å². The number of hydrogen-bond acceptors (Lipinski definition) is 3. The third kappa shape index (κ3) is 6.35. The topological polar surface area (TPSA) is 69.9 Å². The van der Waals surface area contributed by atoms with Crippen LogP contribution < -0.4 is 10.6 Å². The molecule has 6 nitrogen and oxygen atoms in total. The number of aliphatic imine (C=N–C) groups is 1. The van der Waals surface area contributed by atoms with Crippen molar-refractivity contribution in [1.82, 2.24) is 10.2 Å². The van der Waals surface area contributed by atoms with Crippen LogP contribution in [0.4, 0.5) is 5.69 Å². The van der Waals surface area contributed by atoms with E-state index in [-0.39, 0.29) is 35.6 Å². The fraction of sp³-hybridized carbons (Fsp3) is 0.217. The van der Waals surface area contributed by atoms with Crippen molar-refractivity contribution in [2.24, 2.45) is 4.99 Å². The molecule has 158 valence electrons. The molecule has 0 unspecified atom stereocenters. The lowest BCUT2D eigenvalue weighted by atomic mass is 10.1. The lowest BCUT2D eigenvalue weighted by Crippen LogP contribution is -2.38. The van der Waals surface area contributed by atoms with Gasteiger partial charge in [-0.05, 0) is 47.9 Å². The van der Waals surface area contributed by atoms with Crippen LogP contribution in [0.15, 0.2) is 76.3 Å². The Morgan fingerprint density at radius 2 is 1.80 bits per heavy atom. The zero-order chi connectivity index (χ0) is 20.6. The molecule has 0 aliphatic carbocycles. The minimum absolute atomic E-state index is 0. The Balaban J connectivity index is 0.00000320. The lowest BCUT2D eigenvalue weighted by molar-refractivity contribution is 0.0996. The highest BCUT2D eigenvalue weighted by atomic mass is 127. The van der Waals surface area contributed by atoms with Gasteiger partial charge in [-0.25, -0.2) is 0 Å². The average molecular weight is 518 g/mol. The minimum atomic E-state index is -0.265. The Kier molecular flexibility index (Phi) is 8.91.